The molecule has 0 atom stereocenters. The fourth-order valence-electron chi connectivity index (χ4n) is 2.42. The Morgan fingerprint density at radius 2 is 2.04 bits per heavy atom. The van der Waals surface area contributed by atoms with Crippen molar-refractivity contribution in [2.24, 2.45) is 7.05 Å². The minimum Gasteiger partial charge on any atom is -0.341 e. The lowest BCUT2D eigenvalue weighted by Crippen LogP contribution is -2.27. The van der Waals surface area contributed by atoms with E-state index < -0.39 is 0 Å². The summed E-state index contributed by atoms with van der Waals surface area (Å²) in [6, 6.07) is 8.27. The zero-order chi connectivity index (χ0) is 17.1. The Kier molecular flexibility index (Phi) is 4.76. The van der Waals surface area contributed by atoms with E-state index in [4.69, 9.17) is 0 Å². The molecule has 1 amide bonds. The summed E-state index contributed by atoms with van der Waals surface area (Å²) >= 11 is 1.57. The van der Waals surface area contributed by atoms with Crippen LogP contribution in [-0.4, -0.2) is 32.6 Å². The van der Waals surface area contributed by atoms with Gasteiger partial charge in [-0.25, -0.2) is 4.98 Å². The number of nitrogens with zero attached hydrogens (tertiary/aromatic N) is 4. The van der Waals surface area contributed by atoms with Crippen molar-refractivity contribution in [2.75, 3.05) is 7.05 Å². The number of hydrogen-bond donors (Lipinski definition) is 0. The Balaban J connectivity index is 1.63. The van der Waals surface area contributed by atoms with Crippen LogP contribution in [0.1, 0.15) is 16.8 Å². The van der Waals surface area contributed by atoms with Crippen molar-refractivity contribution in [3.63, 3.8) is 0 Å². The summed E-state index contributed by atoms with van der Waals surface area (Å²) in [4.78, 5) is 18.7. The van der Waals surface area contributed by atoms with Crippen LogP contribution in [-0.2, 0) is 24.8 Å². The maximum absolute atomic E-state index is 12.4. The smallest absolute Gasteiger partial charge is 0.228 e. The molecule has 0 fully saturated rings. The Morgan fingerprint density at radius 3 is 2.71 bits per heavy atom. The van der Waals surface area contributed by atoms with Gasteiger partial charge in [0.05, 0.1) is 18.3 Å². The van der Waals surface area contributed by atoms with Crippen molar-refractivity contribution in [3.8, 4) is 10.6 Å². The Labute approximate surface area is 145 Å². The molecule has 5 nitrogen and oxygen atoms in total. The molecule has 3 rings (SSSR count). The maximum atomic E-state index is 12.4. The van der Waals surface area contributed by atoms with Gasteiger partial charge in [-0.05, 0) is 6.92 Å². The van der Waals surface area contributed by atoms with E-state index in [-0.39, 0.29) is 5.91 Å². The number of amides is 1. The van der Waals surface area contributed by atoms with Crippen molar-refractivity contribution >= 4 is 17.2 Å². The van der Waals surface area contributed by atoms with Crippen molar-refractivity contribution in [1.29, 1.82) is 0 Å². The highest BCUT2D eigenvalue weighted by Crippen LogP contribution is 2.24. The van der Waals surface area contributed by atoms with Gasteiger partial charge in [-0.15, -0.1) is 11.3 Å². The fourth-order valence-corrected chi connectivity index (χ4v) is 3.25. The van der Waals surface area contributed by atoms with Gasteiger partial charge in [-0.2, -0.15) is 5.10 Å². The molecule has 6 heteroatoms. The number of thiazole rings is 1. The summed E-state index contributed by atoms with van der Waals surface area (Å²) in [5.41, 5.74) is 4.15. The van der Waals surface area contributed by atoms with Gasteiger partial charge in [0.15, 0.2) is 0 Å². The number of likely N-dealkylation sites (N-methyl/N-ethyl adjacent to an activating group) is 1. The lowest BCUT2D eigenvalue weighted by molar-refractivity contribution is -0.129. The number of rotatable bonds is 5. The lowest BCUT2D eigenvalue weighted by Gasteiger charge is -2.15. The molecule has 124 valence electrons. The van der Waals surface area contributed by atoms with E-state index in [9.17, 15) is 4.79 Å². The first-order chi connectivity index (χ1) is 11.5. The Hall–Kier alpha value is -2.47. The quantitative estimate of drug-likeness (QED) is 0.717. The number of benzene rings is 1. The SMILES string of the molecule is Cc1ccc(-c2nc(CC(=O)N(C)Cc3cnn(C)c3)cs2)cc1. The van der Waals surface area contributed by atoms with Gasteiger partial charge in [-0.3, -0.25) is 9.48 Å². The van der Waals surface area contributed by atoms with Gasteiger partial charge in [0.2, 0.25) is 5.91 Å². The molecule has 0 N–H and O–H groups in total. The first kappa shape index (κ1) is 16.4. The van der Waals surface area contributed by atoms with Crippen molar-refractivity contribution in [1.82, 2.24) is 19.7 Å². The van der Waals surface area contributed by atoms with E-state index in [0.717, 1.165) is 21.8 Å². The van der Waals surface area contributed by atoms with Gasteiger partial charge < -0.3 is 4.90 Å². The molecule has 3 aromatic rings. The molecule has 0 saturated carbocycles. The summed E-state index contributed by atoms with van der Waals surface area (Å²) in [5.74, 6) is 0.0552. The summed E-state index contributed by atoms with van der Waals surface area (Å²) in [5, 5.41) is 7.04. The van der Waals surface area contributed by atoms with Crippen LogP contribution < -0.4 is 0 Å². The third-order valence-electron chi connectivity index (χ3n) is 3.79. The minimum atomic E-state index is 0.0552. The van der Waals surface area contributed by atoms with Crippen molar-refractivity contribution < 1.29 is 4.79 Å². The van der Waals surface area contributed by atoms with Gasteiger partial charge in [0.25, 0.3) is 0 Å². The number of aryl methyl sites for hydroxylation is 2. The highest BCUT2D eigenvalue weighted by molar-refractivity contribution is 7.13. The molecular formula is C18H20N4OS. The molecule has 2 heterocycles. The van der Waals surface area contributed by atoms with Crippen molar-refractivity contribution in [2.45, 2.75) is 19.9 Å². The van der Waals surface area contributed by atoms with Gasteiger partial charge in [0.1, 0.15) is 5.01 Å². The van der Waals surface area contributed by atoms with Gasteiger partial charge in [-0.1, -0.05) is 29.8 Å². The van der Waals surface area contributed by atoms with Crippen molar-refractivity contribution in [3.05, 3.63) is 58.9 Å². The second-order valence-electron chi connectivity index (χ2n) is 5.96. The maximum Gasteiger partial charge on any atom is 0.228 e. The summed E-state index contributed by atoms with van der Waals surface area (Å²) in [7, 11) is 3.68. The molecule has 0 aliphatic carbocycles. The van der Waals surface area contributed by atoms with E-state index in [1.165, 1.54) is 5.56 Å². The molecule has 0 unspecified atom stereocenters. The molecule has 2 aromatic heterocycles. The van der Waals surface area contributed by atoms with Crippen LogP contribution in [0.5, 0.6) is 0 Å². The monoisotopic (exact) mass is 340 g/mol. The van der Waals surface area contributed by atoms with E-state index >= 15 is 0 Å². The Morgan fingerprint density at radius 1 is 1.29 bits per heavy atom. The summed E-state index contributed by atoms with van der Waals surface area (Å²) in [6.45, 7) is 2.62. The third-order valence-corrected chi connectivity index (χ3v) is 4.73. The largest absolute Gasteiger partial charge is 0.341 e. The highest BCUT2D eigenvalue weighted by atomic mass is 32.1. The van der Waals surface area contributed by atoms with Crippen LogP contribution in [0, 0.1) is 6.92 Å². The average Bonchev–Trinajstić information content (AvgIpc) is 3.17. The van der Waals surface area contributed by atoms with Crippen LogP contribution >= 0.6 is 11.3 Å². The molecule has 0 saturated heterocycles. The Bertz CT molecular complexity index is 835. The lowest BCUT2D eigenvalue weighted by atomic mass is 10.2. The highest BCUT2D eigenvalue weighted by Gasteiger charge is 2.14. The third kappa shape index (κ3) is 3.89. The number of aromatic nitrogens is 3. The molecule has 0 bridgehead atoms. The topological polar surface area (TPSA) is 51.0 Å². The molecule has 24 heavy (non-hydrogen) atoms. The number of hydrogen-bond acceptors (Lipinski definition) is 4. The van der Waals surface area contributed by atoms with E-state index in [1.807, 2.05) is 25.7 Å². The minimum absolute atomic E-state index is 0.0552. The first-order valence-corrected chi connectivity index (χ1v) is 8.62. The van der Waals surface area contributed by atoms with E-state index in [0.29, 0.717) is 13.0 Å². The molecule has 0 radical (unpaired) electrons. The normalized spacial score (nSPS) is 10.8. The van der Waals surface area contributed by atoms with Crippen LogP contribution in [0.3, 0.4) is 0 Å². The second-order valence-corrected chi connectivity index (χ2v) is 6.82. The molecule has 0 aliphatic rings. The van der Waals surface area contributed by atoms with Gasteiger partial charge >= 0.3 is 0 Å². The van der Waals surface area contributed by atoms with Crippen LogP contribution in [0.2, 0.25) is 0 Å². The predicted octanol–water partition coefficient (Wildman–Crippen LogP) is 3.05. The van der Waals surface area contributed by atoms with Crippen LogP contribution in [0.4, 0.5) is 0 Å². The second kappa shape index (κ2) is 6.97. The number of carbonyl (C=O) groups excluding carboxylic acids is 1. The van der Waals surface area contributed by atoms with E-state index in [1.54, 1.807) is 27.1 Å². The molecular weight excluding hydrogens is 320 g/mol. The molecule has 1 aromatic carbocycles. The zero-order valence-electron chi connectivity index (χ0n) is 14.1. The first-order valence-electron chi connectivity index (χ1n) is 7.74. The molecule has 0 spiro atoms. The standard InChI is InChI=1S/C18H20N4OS/c1-13-4-6-15(7-5-13)18-20-16(12-24-18)8-17(23)21(2)10-14-9-19-22(3)11-14/h4-7,9,11-12H,8,10H2,1-3H3. The fraction of sp³-hybridized carbons (Fsp3) is 0.278. The summed E-state index contributed by atoms with van der Waals surface area (Å²) in [6.07, 6.45) is 4.02. The summed E-state index contributed by atoms with van der Waals surface area (Å²) < 4.78 is 1.74. The van der Waals surface area contributed by atoms with E-state index in [2.05, 4.69) is 41.3 Å². The predicted molar refractivity (Wildman–Crippen MR) is 95.7 cm³/mol. The zero-order valence-corrected chi connectivity index (χ0v) is 14.9. The van der Waals surface area contributed by atoms with Crippen LogP contribution in [0.15, 0.2) is 42.0 Å². The van der Waals surface area contributed by atoms with Crippen LogP contribution in [0.25, 0.3) is 10.6 Å². The molecule has 0 aliphatic heterocycles. The average molecular weight is 340 g/mol. The number of carbonyl (C=O) groups is 1. The van der Waals surface area contributed by atoms with Gasteiger partial charge in [0, 0.05) is 43.3 Å².